The summed E-state index contributed by atoms with van der Waals surface area (Å²) < 4.78 is 25.8. The number of nitrogens with zero attached hydrogens (tertiary/aromatic N) is 1. The van der Waals surface area contributed by atoms with Gasteiger partial charge in [0.25, 0.3) is 0 Å². The van der Waals surface area contributed by atoms with Crippen LogP contribution in [0.2, 0.25) is 0 Å². The molecule has 3 nitrogen and oxygen atoms in total. The van der Waals surface area contributed by atoms with Gasteiger partial charge in [0.15, 0.2) is 9.84 Å². The number of hydrogen-bond acceptors (Lipinski definition) is 4. The molecule has 0 spiro atoms. The summed E-state index contributed by atoms with van der Waals surface area (Å²) in [6.07, 6.45) is 0.995. The monoisotopic (exact) mass is 421 g/mol. The Morgan fingerprint density at radius 1 is 1.04 bits per heavy atom. The van der Waals surface area contributed by atoms with E-state index in [0.29, 0.717) is 10.6 Å². The van der Waals surface area contributed by atoms with Gasteiger partial charge in [-0.3, -0.25) is 0 Å². The topological polar surface area (TPSA) is 47.0 Å². The predicted molar refractivity (Wildman–Crippen MR) is 102 cm³/mol. The molecule has 0 unspecified atom stereocenters. The molecular weight excluding hydrogens is 406 g/mol. The Kier molecular flexibility index (Phi) is 5.18. The van der Waals surface area contributed by atoms with E-state index in [9.17, 15) is 8.42 Å². The molecule has 0 aliphatic rings. The van der Waals surface area contributed by atoms with Gasteiger partial charge in [0.2, 0.25) is 0 Å². The Morgan fingerprint density at radius 3 is 2.33 bits per heavy atom. The molecule has 24 heavy (non-hydrogen) atoms. The molecule has 0 saturated heterocycles. The molecule has 0 radical (unpaired) electrons. The van der Waals surface area contributed by atoms with E-state index in [1.165, 1.54) is 16.9 Å². The average molecular weight is 422 g/mol. The third kappa shape index (κ3) is 3.94. The van der Waals surface area contributed by atoms with Crippen LogP contribution in [-0.4, -0.2) is 13.4 Å². The van der Waals surface area contributed by atoms with Gasteiger partial charge in [0.05, 0.1) is 16.3 Å². The molecular formula is C18H16BrNO2S2. The highest BCUT2D eigenvalue weighted by Crippen LogP contribution is 2.26. The van der Waals surface area contributed by atoms with Crippen LogP contribution in [0.25, 0.3) is 10.6 Å². The summed E-state index contributed by atoms with van der Waals surface area (Å²) in [6, 6.07) is 14.9. The molecule has 0 atom stereocenters. The Bertz CT molecular complexity index is 930. The van der Waals surface area contributed by atoms with E-state index in [1.807, 2.05) is 17.5 Å². The highest BCUT2D eigenvalue weighted by Gasteiger charge is 2.17. The molecule has 0 saturated carbocycles. The van der Waals surface area contributed by atoms with E-state index in [1.54, 1.807) is 24.3 Å². The van der Waals surface area contributed by atoms with E-state index in [0.717, 1.165) is 21.5 Å². The zero-order chi connectivity index (χ0) is 17.2. The number of thiazole rings is 1. The number of benzene rings is 2. The molecule has 0 aliphatic heterocycles. The molecule has 3 rings (SSSR count). The molecule has 124 valence electrons. The molecule has 0 N–H and O–H groups in total. The first kappa shape index (κ1) is 17.3. The summed E-state index contributed by atoms with van der Waals surface area (Å²) >= 11 is 4.78. The number of sulfone groups is 1. The second kappa shape index (κ2) is 7.17. The van der Waals surface area contributed by atoms with Crippen molar-refractivity contribution in [3.8, 4) is 10.6 Å². The van der Waals surface area contributed by atoms with Crippen LogP contribution in [0.4, 0.5) is 0 Å². The van der Waals surface area contributed by atoms with Gasteiger partial charge in [-0.05, 0) is 36.2 Å². The van der Waals surface area contributed by atoms with Gasteiger partial charge in [-0.1, -0.05) is 47.1 Å². The molecule has 1 heterocycles. The van der Waals surface area contributed by atoms with Gasteiger partial charge >= 0.3 is 0 Å². The van der Waals surface area contributed by atoms with Gasteiger partial charge in [-0.25, -0.2) is 13.4 Å². The highest BCUT2D eigenvalue weighted by molar-refractivity contribution is 9.10. The lowest BCUT2D eigenvalue weighted by atomic mass is 10.1. The van der Waals surface area contributed by atoms with Crippen LogP contribution >= 0.6 is 27.3 Å². The molecule has 1 aromatic heterocycles. The number of aryl methyl sites for hydroxylation is 1. The van der Waals surface area contributed by atoms with Crippen LogP contribution in [-0.2, 0) is 22.0 Å². The summed E-state index contributed by atoms with van der Waals surface area (Å²) in [5.74, 6) is -0.0851. The van der Waals surface area contributed by atoms with Crippen molar-refractivity contribution in [1.29, 1.82) is 0 Å². The summed E-state index contributed by atoms with van der Waals surface area (Å²) in [7, 11) is -3.39. The lowest BCUT2D eigenvalue weighted by molar-refractivity contribution is 0.595. The highest BCUT2D eigenvalue weighted by atomic mass is 79.9. The number of halogens is 1. The molecule has 0 fully saturated rings. The maximum Gasteiger partial charge on any atom is 0.184 e. The van der Waals surface area contributed by atoms with Crippen LogP contribution in [0.3, 0.4) is 0 Å². The van der Waals surface area contributed by atoms with Gasteiger partial charge in [0, 0.05) is 15.4 Å². The first-order valence-electron chi connectivity index (χ1n) is 7.50. The molecule has 0 aliphatic carbocycles. The van der Waals surface area contributed by atoms with E-state index < -0.39 is 9.84 Å². The first-order valence-corrected chi connectivity index (χ1v) is 10.8. The van der Waals surface area contributed by atoms with Crippen molar-refractivity contribution < 1.29 is 8.42 Å². The Hall–Kier alpha value is -1.50. The van der Waals surface area contributed by atoms with Crippen molar-refractivity contribution in [3.63, 3.8) is 0 Å². The van der Waals surface area contributed by atoms with E-state index in [4.69, 9.17) is 0 Å². The van der Waals surface area contributed by atoms with Crippen LogP contribution in [0, 0.1) is 0 Å². The number of rotatable bonds is 5. The second-order valence-electron chi connectivity index (χ2n) is 5.41. The Balaban J connectivity index is 1.81. The van der Waals surface area contributed by atoms with Crippen LogP contribution in [0.1, 0.15) is 18.2 Å². The summed E-state index contributed by atoms with van der Waals surface area (Å²) in [5.41, 5.74) is 2.87. The van der Waals surface area contributed by atoms with Gasteiger partial charge in [-0.2, -0.15) is 0 Å². The fourth-order valence-electron chi connectivity index (χ4n) is 2.31. The van der Waals surface area contributed by atoms with Crippen molar-refractivity contribution in [2.24, 2.45) is 0 Å². The van der Waals surface area contributed by atoms with Crippen molar-refractivity contribution >= 4 is 37.1 Å². The van der Waals surface area contributed by atoms with Gasteiger partial charge in [-0.15, -0.1) is 11.3 Å². The predicted octanol–water partition coefficient (Wildman–Crippen LogP) is 5.11. The second-order valence-corrected chi connectivity index (χ2v) is 9.17. The lowest BCUT2D eigenvalue weighted by Gasteiger charge is -2.03. The Morgan fingerprint density at radius 2 is 1.71 bits per heavy atom. The molecule has 0 bridgehead atoms. The minimum absolute atomic E-state index is 0.0851. The van der Waals surface area contributed by atoms with E-state index in [2.05, 4.69) is 40.0 Å². The third-order valence-corrected chi connectivity index (χ3v) is 6.81. The van der Waals surface area contributed by atoms with Crippen molar-refractivity contribution in [1.82, 2.24) is 4.98 Å². The summed E-state index contributed by atoms with van der Waals surface area (Å²) in [4.78, 5) is 4.81. The molecule has 2 aromatic carbocycles. The van der Waals surface area contributed by atoms with Crippen molar-refractivity contribution in [3.05, 3.63) is 69.6 Å². The smallest absolute Gasteiger partial charge is 0.184 e. The third-order valence-electron chi connectivity index (χ3n) is 3.67. The normalized spacial score (nSPS) is 11.6. The standard InChI is InChI=1S/C18H16BrNO2S2/c1-2-13-3-5-14(6-4-13)18-20-16(11-23-18)12-24(21,22)17-9-7-15(19)8-10-17/h3-11H,2,12H2,1H3. The quantitative estimate of drug-likeness (QED) is 0.574. The number of aromatic nitrogens is 1. The maximum atomic E-state index is 12.5. The van der Waals surface area contributed by atoms with Crippen LogP contribution in [0.5, 0.6) is 0 Å². The fourth-order valence-corrected chi connectivity index (χ4v) is 4.76. The zero-order valence-electron chi connectivity index (χ0n) is 13.1. The van der Waals surface area contributed by atoms with Gasteiger partial charge in [0.1, 0.15) is 5.01 Å². The zero-order valence-corrected chi connectivity index (χ0v) is 16.3. The van der Waals surface area contributed by atoms with Crippen molar-refractivity contribution in [2.75, 3.05) is 0 Å². The number of hydrogen-bond donors (Lipinski definition) is 0. The minimum atomic E-state index is -3.39. The van der Waals surface area contributed by atoms with E-state index in [-0.39, 0.29) is 5.75 Å². The molecule has 3 aromatic rings. The van der Waals surface area contributed by atoms with Crippen LogP contribution in [0.15, 0.2) is 63.3 Å². The largest absolute Gasteiger partial charge is 0.240 e. The van der Waals surface area contributed by atoms with E-state index >= 15 is 0 Å². The maximum absolute atomic E-state index is 12.5. The Labute approximate surface area is 154 Å². The molecule has 0 amide bonds. The minimum Gasteiger partial charge on any atom is -0.240 e. The molecule has 6 heteroatoms. The summed E-state index contributed by atoms with van der Waals surface area (Å²) in [5, 5.41) is 2.66. The fraction of sp³-hybridized carbons (Fsp3) is 0.167. The van der Waals surface area contributed by atoms with Crippen LogP contribution < -0.4 is 0 Å². The average Bonchev–Trinajstić information content (AvgIpc) is 3.03. The SMILES string of the molecule is CCc1ccc(-c2nc(CS(=O)(=O)c3ccc(Br)cc3)cs2)cc1. The van der Waals surface area contributed by atoms with Gasteiger partial charge < -0.3 is 0 Å². The summed E-state index contributed by atoms with van der Waals surface area (Å²) in [6.45, 7) is 2.11. The lowest BCUT2D eigenvalue weighted by Crippen LogP contribution is -2.05. The first-order chi connectivity index (χ1) is 11.5. The van der Waals surface area contributed by atoms with Crippen molar-refractivity contribution in [2.45, 2.75) is 24.0 Å².